The van der Waals surface area contributed by atoms with Crippen molar-refractivity contribution in [2.24, 2.45) is 40.4 Å². The van der Waals surface area contributed by atoms with Gasteiger partial charge in [-0.2, -0.15) is 0 Å². The van der Waals surface area contributed by atoms with Crippen molar-refractivity contribution < 1.29 is 14.3 Å². The van der Waals surface area contributed by atoms with Crippen LogP contribution in [0.5, 0.6) is 0 Å². The smallest absolute Gasteiger partial charge is 0.302 e. The molecule has 0 aromatic heterocycles. The minimum Gasteiger partial charge on any atom is -0.463 e. The fourth-order valence-electron chi connectivity index (χ4n) is 8.41. The largest absolute Gasteiger partial charge is 0.463 e. The first-order valence-electron chi connectivity index (χ1n) is 13.4. The first-order chi connectivity index (χ1) is 15.2. The Bertz CT molecular complexity index is 760. The second-order valence-electron chi connectivity index (χ2n) is 11.9. The van der Waals surface area contributed by atoms with Crippen molar-refractivity contribution in [3.05, 3.63) is 11.6 Å². The van der Waals surface area contributed by atoms with Gasteiger partial charge in [-0.3, -0.25) is 9.59 Å². The number of amides is 1. The zero-order valence-electron chi connectivity index (χ0n) is 21.0. The lowest BCUT2D eigenvalue weighted by molar-refractivity contribution is -0.152. The molecule has 4 aliphatic rings. The summed E-state index contributed by atoms with van der Waals surface area (Å²) < 4.78 is 5.61. The normalized spacial score (nSPS) is 41.5. The number of nitrogens with one attached hydrogen (secondary N) is 1. The summed E-state index contributed by atoms with van der Waals surface area (Å²) in [6, 6.07) is 0. The molecule has 3 fully saturated rings. The highest BCUT2D eigenvalue weighted by Gasteiger charge is 2.58. The Morgan fingerprint density at radius 3 is 2.56 bits per heavy atom. The van der Waals surface area contributed by atoms with Gasteiger partial charge in [-0.05, 0) is 92.3 Å². The molecule has 0 aliphatic heterocycles. The topological polar surface area (TPSA) is 55.4 Å². The molecular formula is C28H45NO3. The van der Waals surface area contributed by atoms with Crippen LogP contribution in [-0.4, -0.2) is 24.5 Å². The van der Waals surface area contributed by atoms with E-state index in [0.717, 1.165) is 38.6 Å². The number of ether oxygens (including phenoxy) is 1. The number of rotatable bonds is 6. The van der Waals surface area contributed by atoms with Crippen molar-refractivity contribution >= 4 is 11.9 Å². The molecule has 4 rings (SSSR count). The number of carbonyl (C=O) groups excluding carboxylic acids is 2. The van der Waals surface area contributed by atoms with Crippen LogP contribution in [0.3, 0.4) is 0 Å². The van der Waals surface area contributed by atoms with E-state index in [4.69, 9.17) is 4.74 Å². The molecule has 32 heavy (non-hydrogen) atoms. The second-order valence-corrected chi connectivity index (χ2v) is 11.9. The number of hydrogen-bond donors (Lipinski definition) is 1. The summed E-state index contributed by atoms with van der Waals surface area (Å²) >= 11 is 0. The van der Waals surface area contributed by atoms with Crippen molar-refractivity contribution in [3.63, 3.8) is 0 Å². The molecule has 1 amide bonds. The summed E-state index contributed by atoms with van der Waals surface area (Å²) in [4.78, 5) is 24.4. The molecule has 0 saturated heterocycles. The number of allylic oxidation sites excluding steroid dienone is 2. The molecule has 4 heteroatoms. The molecule has 0 bridgehead atoms. The third-order valence-electron chi connectivity index (χ3n) is 10.3. The van der Waals surface area contributed by atoms with E-state index in [1.54, 1.807) is 5.57 Å². The van der Waals surface area contributed by atoms with Gasteiger partial charge >= 0.3 is 5.97 Å². The second kappa shape index (κ2) is 9.14. The van der Waals surface area contributed by atoms with Gasteiger partial charge in [0.15, 0.2) is 0 Å². The van der Waals surface area contributed by atoms with Crippen LogP contribution in [0.25, 0.3) is 0 Å². The van der Waals surface area contributed by atoms with Crippen molar-refractivity contribution in [2.45, 2.75) is 105 Å². The summed E-state index contributed by atoms with van der Waals surface area (Å²) in [7, 11) is 0. The van der Waals surface area contributed by atoms with Crippen LogP contribution in [0.1, 0.15) is 98.8 Å². The van der Waals surface area contributed by atoms with E-state index in [9.17, 15) is 9.59 Å². The van der Waals surface area contributed by atoms with Crippen LogP contribution in [-0.2, 0) is 14.3 Å². The molecule has 0 radical (unpaired) electrons. The molecule has 0 heterocycles. The van der Waals surface area contributed by atoms with Crippen LogP contribution in [0.2, 0.25) is 0 Å². The maximum atomic E-state index is 12.9. The van der Waals surface area contributed by atoms with Crippen molar-refractivity contribution in [1.29, 1.82) is 0 Å². The van der Waals surface area contributed by atoms with Crippen LogP contribution < -0.4 is 5.32 Å². The number of unbranched alkanes of at least 4 members (excludes halogenated alkanes) is 1. The first kappa shape index (κ1) is 23.8. The van der Waals surface area contributed by atoms with Crippen LogP contribution in [0.4, 0.5) is 0 Å². The van der Waals surface area contributed by atoms with Crippen LogP contribution in [0.15, 0.2) is 11.6 Å². The van der Waals surface area contributed by atoms with Gasteiger partial charge in [0.1, 0.15) is 6.10 Å². The molecule has 4 nitrogen and oxygen atoms in total. The molecule has 1 N–H and O–H groups in total. The van der Waals surface area contributed by atoms with Gasteiger partial charge in [-0.25, -0.2) is 0 Å². The Balaban J connectivity index is 1.49. The van der Waals surface area contributed by atoms with Gasteiger partial charge in [0.2, 0.25) is 5.91 Å². The van der Waals surface area contributed by atoms with Crippen molar-refractivity contribution in [3.8, 4) is 0 Å². The Morgan fingerprint density at radius 2 is 1.84 bits per heavy atom. The number of hydrogen-bond acceptors (Lipinski definition) is 3. The summed E-state index contributed by atoms with van der Waals surface area (Å²) in [6.45, 7) is 11.7. The van der Waals surface area contributed by atoms with Crippen molar-refractivity contribution in [1.82, 2.24) is 5.32 Å². The first-order valence-corrected chi connectivity index (χ1v) is 13.4. The maximum Gasteiger partial charge on any atom is 0.302 e. The van der Waals surface area contributed by atoms with Gasteiger partial charge < -0.3 is 10.1 Å². The van der Waals surface area contributed by atoms with Gasteiger partial charge in [0.25, 0.3) is 0 Å². The molecule has 0 aromatic carbocycles. The molecule has 0 aromatic rings. The summed E-state index contributed by atoms with van der Waals surface area (Å²) in [5.41, 5.74) is 2.31. The maximum absolute atomic E-state index is 12.9. The number of esters is 1. The SMILES string of the molecule is CCCCNC(=O)[C@@H](C)[C@H]1CC[C@H]2C3=CC[C@H]4C[C@@H](OC(C)=O)CC[C@]4(C)[C@H]3CC[C@]12C. The molecule has 8 atom stereocenters. The monoisotopic (exact) mass is 443 g/mol. The molecule has 3 saturated carbocycles. The predicted molar refractivity (Wildman–Crippen MR) is 128 cm³/mol. The zero-order valence-corrected chi connectivity index (χ0v) is 21.0. The van der Waals surface area contributed by atoms with Crippen molar-refractivity contribution in [2.75, 3.05) is 6.54 Å². The lowest BCUT2D eigenvalue weighted by atomic mass is 9.47. The zero-order chi connectivity index (χ0) is 23.1. The average molecular weight is 444 g/mol. The summed E-state index contributed by atoms with van der Waals surface area (Å²) in [5.74, 6) is 2.65. The van der Waals surface area contributed by atoms with E-state index in [-0.39, 0.29) is 29.3 Å². The van der Waals surface area contributed by atoms with E-state index < -0.39 is 0 Å². The fourth-order valence-corrected chi connectivity index (χ4v) is 8.41. The highest BCUT2D eigenvalue weighted by Crippen LogP contribution is 2.66. The van der Waals surface area contributed by atoms with E-state index in [2.05, 4.69) is 39.1 Å². The summed E-state index contributed by atoms with van der Waals surface area (Å²) in [6.07, 6.45) is 14.1. The third kappa shape index (κ3) is 4.05. The lowest BCUT2D eigenvalue weighted by Crippen LogP contribution is -2.50. The molecule has 4 aliphatic carbocycles. The van der Waals surface area contributed by atoms with E-state index >= 15 is 0 Å². The minimum atomic E-state index is -0.135. The highest BCUT2D eigenvalue weighted by atomic mass is 16.5. The van der Waals surface area contributed by atoms with Gasteiger partial charge in [0, 0.05) is 19.4 Å². The fraction of sp³-hybridized carbons (Fsp3) is 0.857. The van der Waals surface area contributed by atoms with E-state index in [1.165, 1.54) is 39.0 Å². The number of carbonyl (C=O) groups is 2. The van der Waals surface area contributed by atoms with Gasteiger partial charge in [0.05, 0.1) is 0 Å². The van der Waals surface area contributed by atoms with E-state index in [1.807, 2.05) is 0 Å². The van der Waals surface area contributed by atoms with E-state index in [0.29, 0.717) is 29.1 Å². The van der Waals surface area contributed by atoms with Gasteiger partial charge in [-0.15, -0.1) is 0 Å². The molecule has 0 spiro atoms. The Labute approximate surface area is 195 Å². The lowest BCUT2D eigenvalue weighted by Gasteiger charge is -2.57. The summed E-state index contributed by atoms with van der Waals surface area (Å²) in [5, 5.41) is 3.20. The Hall–Kier alpha value is -1.32. The quantitative estimate of drug-likeness (QED) is 0.309. The minimum absolute atomic E-state index is 0.102. The van der Waals surface area contributed by atoms with Crippen LogP contribution in [0, 0.1) is 40.4 Å². The molecule has 0 unspecified atom stereocenters. The predicted octanol–water partition coefficient (Wildman–Crippen LogP) is 6.05. The highest BCUT2D eigenvalue weighted by molar-refractivity contribution is 5.78. The average Bonchev–Trinajstić information content (AvgIpc) is 3.10. The van der Waals surface area contributed by atoms with Crippen LogP contribution >= 0.6 is 0 Å². The number of fused-ring (bicyclic) bond motifs is 5. The molecular weight excluding hydrogens is 398 g/mol. The standard InChI is InChI=1S/C28H45NO3/c1-6-7-16-29-26(31)18(2)23-10-11-24-22-9-8-20-17-21(32-19(3)30)12-14-27(20,4)25(22)13-15-28(23,24)5/h9,18,20-21,23-25H,6-8,10-17H2,1-5H3,(H,29,31)/t18-,20-,21-,23+,24-,25-,27-,28+/m0/s1. The molecule has 180 valence electrons. The third-order valence-corrected chi connectivity index (χ3v) is 10.3. The Kier molecular flexibility index (Phi) is 6.81. The Morgan fingerprint density at radius 1 is 1.12 bits per heavy atom. The van der Waals surface area contributed by atoms with Gasteiger partial charge in [-0.1, -0.05) is 45.8 Å².